The van der Waals surface area contributed by atoms with Crippen molar-refractivity contribution in [3.8, 4) is 0 Å². The molecule has 0 saturated carbocycles. The predicted molar refractivity (Wildman–Crippen MR) is 58.5 cm³/mol. The normalized spacial score (nSPS) is 11.0. The zero-order valence-corrected chi connectivity index (χ0v) is 8.86. The van der Waals surface area contributed by atoms with Gasteiger partial charge in [-0.05, 0) is 12.5 Å². The number of nitrogens with zero attached hydrogens (tertiary/aromatic N) is 1. The van der Waals surface area contributed by atoms with E-state index in [2.05, 4.69) is 16.9 Å². The Labute approximate surface area is 89.0 Å². The molecule has 82 valence electrons. The van der Waals surface area contributed by atoms with E-state index in [0.717, 1.165) is 24.7 Å². The fourth-order valence-electron chi connectivity index (χ4n) is 1.29. The molecule has 1 aromatic heterocycles. The van der Waals surface area contributed by atoms with Gasteiger partial charge in [-0.1, -0.05) is 19.8 Å². The van der Waals surface area contributed by atoms with Crippen LogP contribution < -0.4 is 0 Å². The topological polar surface area (TPSA) is 66.0 Å². The van der Waals surface area contributed by atoms with E-state index in [4.69, 9.17) is 5.11 Å². The number of carboxylic acids is 1. The van der Waals surface area contributed by atoms with Crippen LogP contribution in [0.5, 0.6) is 0 Å². The van der Waals surface area contributed by atoms with Gasteiger partial charge in [0.1, 0.15) is 5.82 Å². The maximum Gasteiger partial charge on any atom is 0.328 e. The second-order valence-corrected chi connectivity index (χ2v) is 3.40. The van der Waals surface area contributed by atoms with Gasteiger partial charge in [-0.25, -0.2) is 9.78 Å². The molecule has 4 nitrogen and oxygen atoms in total. The first kappa shape index (κ1) is 11.5. The molecule has 1 aromatic rings. The van der Waals surface area contributed by atoms with Crippen molar-refractivity contribution in [3.63, 3.8) is 0 Å². The fraction of sp³-hybridized carbons (Fsp3) is 0.455. The Balaban J connectivity index is 2.45. The molecule has 0 aliphatic rings. The number of aromatic nitrogens is 2. The number of hydrogen-bond donors (Lipinski definition) is 2. The summed E-state index contributed by atoms with van der Waals surface area (Å²) >= 11 is 0. The van der Waals surface area contributed by atoms with Gasteiger partial charge in [-0.2, -0.15) is 0 Å². The summed E-state index contributed by atoms with van der Waals surface area (Å²) < 4.78 is 0. The quantitative estimate of drug-likeness (QED) is 0.556. The number of carbonyl (C=O) groups is 1. The molecular formula is C11H16N2O2. The molecule has 0 saturated heterocycles. The second-order valence-electron chi connectivity index (χ2n) is 3.40. The van der Waals surface area contributed by atoms with Gasteiger partial charge < -0.3 is 10.1 Å². The van der Waals surface area contributed by atoms with Crippen LogP contribution in [0.15, 0.2) is 12.3 Å². The number of unbranched alkanes of at least 4 members (excludes halogenated alkanes) is 2. The van der Waals surface area contributed by atoms with Crippen LogP contribution in [0.4, 0.5) is 0 Å². The zero-order valence-electron chi connectivity index (χ0n) is 8.86. The fourth-order valence-corrected chi connectivity index (χ4v) is 1.29. The largest absolute Gasteiger partial charge is 0.478 e. The third-order valence-electron chi connectivity index (χ3n) is 2.06. The second kappa shape index (κ2) is 6.01. The predicted octanol–water partition coefficient (Wildman–Crippen LogP) is 2.24. The molecule has 1 heterocycles. The minimum Gasteiger partial charge on any atom is -0.478 e. The first-order valence-electron chi connectivity index (χ1n) is 5.17. The highest BCUT2D eigenvalue weighted by atomic mass is 16.4. The Morgan fingerprint density at radius 3 is 3.07 bits per heavy atom. The molecule has 15 heavy (non-hydrogen) atoms. The molecule has 2 N–H and O–H groups in total. The number of imidazole rings is 1. The van der Waals surface area contributed by atoms with Gasteiger partial charge in [-0.3, -0.25) is 0 Å². The summed E-state index contributed by atoms with van der Waals surface area (Å²) in [5.74, 6) is -0.0287. The summed E-state index contributed by atoms with van der Waals surface area (Å²) in [6, 6.07) is 0. The SMILES string of the molecule is CCCCCc1nc(C=CC(=O)O)c[nH]1. The van der Waals surface area contributed by atoms with Crippen molar-refractivity contribution in [1.29, 1.82) is 0 Å². The molecular weight excluding hydrogens is 192 g/mol. The third kappa shape index (κ3) is 4.44. The van der Waals surface area contributed by atoms with E-state index in [1.165, 1.54) is 18.9 Å². The van der Waals surface area contributed by atoms with Gasteiger partial charge >= 0.3 is 5.97 Å². The number of aromatic amines is 1. The van der Waals surface area contributed by atoms with E-state index in [-0.39, 0.29) is 0 Å². The maximum absolute atomic E-state index is 10.3. The molecule has 0 fully saturated rings. The van der Waals surface area contributed by atoms with Gasteiger partial charge in [0.05, 0.1) is 5.69 Å². The molecule has 4 heteroatoms. The number of nitrogens with one attached hydrogen (secondary N) is 1. The molecule has 0 aromatic carbocycles. The highest BCUT2D eigenvalue weighted by Gasteiger charge is 1.98. The van der Waals surface area contributed by atoms with Crippen molar-refractivity contribution in [3.05, 3.63) is 23.8 Å². The summed E-state index contributed by atoms with van der Waals surface area (Å²) in [4.78, 5) is 17.5. The summed E-state index contributed by atoms with van der Waals surface area (Å²) in [6.45, 7) is 2.16. The Kier molecular flexibility index (Phi) is 4.60. The maximum atomic E-state index is 10.3. The van der Waals surface area contributed by atoms with E-state index in [1.54, 1.807) is 6.20 Å². The van der Waals surface area contributed by atoms with E-state index >= 15 is 0 Å². The molecule has 0 atom stereocenters. The highest BCUT2D eigenvalue weighted by Crippen LogP contribution is 2.04. The molecule has 0 amide bonds. The summed E-state index contributed by atoms with van der Waals surface area (Å²) in [6.07, 6.45) is 8.73. The van der Waals surface area contributed by atoms with Gasteiger partial charge in [0, 0.05) is 18.7 Å². The van der Waals surface area contributed by atoms with E-state index in [9.17, 15) is 4.79 Å². The first-order chi connectivity index (χ1) is 7.22. The summed E-state index contributed by atoms with van der Waals surface area (Å²) in [5, 5.41) is 8.43. The number of rotatable bonds is 6. The van der Waals surface area contributed by atoms with Crippen LogP contribution in [0.1, 0.15) is 37.7 Å². The number of aliphatic carboxylic acids is 1. The van der Waals surface area contributed by atoms with E-state index in [1.807, 2.05) is 0 Å². The Morgan fingerprint density at radius 2 is 2.40 bits per heavy atom. The van der Waals surface area contributed by atoms with Crippen LogP contribution in [0.3, 0.4) is 0 Å². The van der Waals surface area contributed by atoms with Gasteiger partial charge in [-0.15, -0.1) is 0 Å². The van der Waals surface area contributed by atoms with Crippen molar-refractivity contribution in [2.45, 2.75) is 32.6 Å². The van der Waals surface area contributed by atoms with Crippen molar-refractivity contribution in [2.75, 3.05) is 0 Å². The Hall–Kier alpha value is -1.58. The van der Waals surface area contributed by atoms with E-state index in [0.29, 0.717) is 5.69 Å². The molecule has 0 aliphatic heterocycles. The lowest BCUT2D eigenvalue weighted by Gasteiger charge is -1.93. The van der Waals surface area contributed by atoms with Crippen molar-refractivity contribution in [2.24, 2.45) is 0 Å². The van der Waals surface area contributed by atoms with Crippen LogP contribution in [-0.2, 0) is 11.2 Å². The van der Waals surface area contributed by atoms with Crippen LogP contribution in [0.2, 0.25) is 0 Å². The Bertz CT molecular complexity index is 342. The van der Waals surface area contributed by atoms with Crippen LogP contribution in [0, 0.1) is 0 Å². The highest BCUT2D eigenvalue weighted by molar-refractivity contribution is 5.84. The third-order valence-corrected chi connectivity index (χ3v) is 2.06. The van der Waals surface area contributed by atoms with Gasteiger partial charge in [0.15, 0.2) is 0 Å². The molecule has 1 rings (SSSR count). The minimum atomic E-state index is -0.953. The lowest BCUT2D eigenvalue weighted by Crippen LogP contribution is -1.88. The summed E-state index contributed by atoms with van der Waals surface area (Å²) in [5.41, 5.74) is 0.670. The average molecular weight is 208 g/mol. The lowest BCUT2D eigenvalue weighted by atomic mass is 10.2. The molecule has 0 radical (unpaired) electrons. The van der Waals surface area contributed by atoms with Crippen molar-refractivity contribution in [1.82, 2.24) is 9.97 Å². The zero-order chi connectivity index (χ0) is 11.1. The Morgan fingerprint density at radius 1 is 1.60 bits per heavy atom. The van der Waals surface area contributed by atoms with Crippen molar-refractivity contribution < 1.29 is 9.90 Å². The smallest absolute Gasteiger partial charge is 0.328 e. The first-order valence-corrected chi connectivity index (χ1v) is 5.17. The average Bonchev–Trinajstić information content (AvgIpc) is 2.63. The lowest BCUT2D eigenvalue weighted by molar-refractivity contribution is -0.131. The standard InChI is InChI=1S/C11H16N2O2/c1-2-3-4-5-10-12-8-9(13-10)6-7-11(14)15/h6-8H,2-5H2,1H3,(H,12,13)(H,14,15). The van der Waals surface area contributed by atoms with Crippen LogP contribution >= 0.6 is 0 Å². The minimum absolute atomic E-state index is 0.670. The number of H-pyrrole nitrogens is 1. The van der Waals surface area contributed by atoms with Crippen molar-refractivity contribution >= 4 is 12.0 Å². The number of aryl methyl sites for hydroxylation is 1. The molecule has 0 aliphatic carbocycles. The van der Waals surface area contributed by atoms with Gasteiger partial charge in [0.25, 0.3) is 0 Å². The summed E-state index contributed by atoms with van der Waals surface area (Å²) in [7, 11) is 0. The molecule has 0 spiro atoms. The molecule has 0 unspecified atom stereocenters. The number of hydrogen-bond acceptors (Lipinski definition) is 2. The monoisotopic (exact) mass is 208 g/mol. The van der Waals surface area contributed by atoms with Crippen LogP contribution in [-0.4, -0.2) is 21.0 Å². The molecule has 0 bridgehead atoms. The van der Waals surface area contributed by atoms with Crippen LogP contribution in [0.25, 0.3) is 6.08 Å². The van der Waals surface area contributed by atoms with Gasteiger partial charge in [0.2, 0.25) is 0 Å². The van der Waals surface area contributed by atoms with E-state index < -0.39 is 5.97 Å². The number of carboxylic acid groups (broad SMARTS) is 1.